The first kappa shape index (κ1) is 12.4. The number of aromatic carboxylic acids is 1. The molecule has 20 heavy (non-hydrogen) atoms. The number of imidazole rings is 1. The molecule has 100 valence electrons. The molecule has 0 spiro atoms. The summed E-state index contributed by atoms with van der Waals surface area (Å²) in [5.74, 6) is 0.0616. The summed E-state index contributed by atoms with van der Waals surface area (Å²) < 4.78 is 0. The van der Waals surface area contributed by atoms with Gasteiger partial charge in [0.25, 0.3) is 0 Å². The van der Waals surface area contributed by atoms with Gasteiger partial charge in [-0.1, -0.05) is 25.1 Å². The summed E-state index contributed by atoms with van der Waals surface area (Å²) >= 11 is 0. The monoisotopic (exact) mass is 266 g/mol. The van der Waals surface area contributed by atoms with Crippen LogP contribution in [0.1, 0.15) is 23.1 Å². The SMILES string of the molecule is CCc1nc2ccc(-c3ccc(C(=O)O)cc3)cc2[nH]1. The Morgan fingerprint density at radius 1 is 1.15 bits per heavy atom. The summed E-state index contributed by atoms with van der Waals surface area (Å²) in [6.45, 7) is 2.06. The molecule has 0 aliphatic heterocycles. The van der Waals surface area contributed by atoms with E-state index in [1.54, 1.807) is 12.1 Å². The molecular formula is C16H14N2O2. The number of benzene rings is 2. The Bertz CT molecular complexity index is 773. The lowest BCUT2D eigenvalue weighted by molar-refractivity contribution is 0.0697. The topological polar surface area (TPSA) is 66.0 Å². The van der Waals surface area contributed by atoms with E-state index in [-0.39, 0.29) is 0 Å². The maximum absolute atomic E-state index is 10.8. The van der Waals surface area contributed by atoms with Crippen molar-refractivity contribution in [1.82, 2.24) is 9.97 Å². The van der Waals surface area contributed by atoms with Crippen molar-refractivity contribution in [2.24, 2.45) is 0 Å². The first-order valence-electron chi connectivity index (χ1n) is 6.50. The molecule has 0 saturated carbocycles. The van der Waals surface area contributed by atoms with Crippen molar-refractivity contribution in [1.29, 1.82) is 0 Å². The number of aromatic amines is 1. The fourth-order valence-corrected chi connectivity index (χ4v) is 2.21. The molecule has 0 radical (unpaired) electrons. The molecule has 2 N–H and O–H groups in total. The van der Waals surface area contributed by atoms with Gasteiger partial charge >= 0.3 is 5.97 Å². The van der Waals surface area contributed by atoms with Crippen LogP contribution in [0.3, 0.4) is 0 Å². The molecule has 4 nitrogen and oxygen atoms in total. The Kier molecular flexibility index (Phi) is 2.99. The van der Waals surface area contributed by atoms with Gasteiger partial charge in [0.2, 0.25) is 0 Å². The molecule has 0 amide bonds. The van der Waals surface area contributed by atoms with Crippen LogP contribution in [0, 0.1) is 0 Å². The Labute approximate surface area is 116 Å². The van der Waals surface area contributed by atoms with Crippen LogP contribution in [-0.4, -0.2) is 21.0 Å². The normalized spacial score (nSPS) is 10.8. The van der Waals surface area contributed by atoms with Crippen LogP contribution in [-0.2, 0) is 6.42 Å². The Balaban J connectivity index is 2.02. The molecule has 3 rings (SSSR count). The lowest BCUT2D eigenvalue weighted by Gasteiger charge is -2.02. The quantitative estimate of drug-likeness (QED) is 0.762. The minimum Gasteiger partial charge on any atom is -0.478 e. The molecule has 1 heterocycles. The van der Waals surface area contributed by atoms with E-state index < -0.39 is 5.97 Å². The van der Waals surface area contributed by atoms with Crippen molar-refractivity contribution in [2.45, 2.75) is 13.3 Å². The largest absolute Gasteiger partial charge is 0.478 e. The number of hydrogen-bond donors (Lipinski definition) is 2. The Morgan fingerprint density at radius 2 is 1.85 bits per heavy atom. The van der Waals surface area contributed by atoms with Crippen LogP contribution in [0.2, 0.25) is 0 Å². The number of hydrogen-bond acceptors (Lipinski definition) is 2. The molecular weight excluding hydrogens is 252 g/mol. The van der Waals surface area contributed by atoms with Crippen LogP contribution in [0.25, 0.3) is 22.2 Å². The van der Waals surface area contributed by atoms with E-state index in [1.165, 1.54) is 0 Å². The predicted octanol–water partition coefficient (Wildman–Crippen LogP) is 3.49. The number of nitrogens with one attached hydrogen (secondary N) is 1. The van der Waals surface area contributed by atoms with Crippen molar-refractivity contribution in [3.8, 4) is 11.1 Å². The highest BCUT2D eigenvalue weighted by Crippen LogP contribution is 2.24. The van der Waals surface area contributed by atoms with Gasteiger partial charge in [-0.25, -0.2) is 9.78 Å². The molecule has 0 bridgehead atoms. The lowest BCUT2D eigenvalue weighted by atomic mass is 10.0. The van der Waals surface area contributed by atoms with Crippen molar-refractivity contribution in [2.75, 3.05) is 0 Å². The number of nitrogens with zero attached hydrogens (tertiary/aromatic N) is 1. The molecule has 0 saturated heterocycles. The average Bonchev–Trinajstić information content (AvgIpc) is 2.89. The maximum Gasteiger partial charge on any atom is 0.335 e. The number of carbonyl (C=O) groups is 1. The van der Waals surface area contributed by atoms with Gasteiger partial charge in [0.15, 0.2) is 0 Å². The number of H-pyrrole nitrogens is 1. The second-order valence-corrected chi connectivity index (χ2v) is 4.65. The van der Waals surface area contributed by atoms with Gasteiger partial charge in [-0.15, -0.1) is 0 Å². The fraction of sp³-hybridized carbons (Fsp3) is 0.125. The van der Waals surface area contributed by atoms with Crippen LogP contribution >= 0.6 is 0 Å². The standard InChI is InChI=1S/C16H14N2O2/c1-2-15-17-13-8-7-12(9-14(13)18-15)10-3-5-11(6-4-10)16(19)20/h3-9H,2H2,1H3,(H,17,18)(H,19,20). The predicted molar refractivity (Wildman–Crippen MR) is 77.9 cm³/mol. The minimum absolute atomic E-state index is 0.296. The maximum atomic E-state index is 10.8. The number of fused-ring (bicyclic) bond motifs is 1. The zero-order valence-corrected chi connectivity index (χ0v) is 11.1. The third kappa shape index (κ3) is 2.16. The van der Waals surface area contributed by atoms with E-state index in [0.29, 0.717) is 5.56 Å². The summed E-state index contributed by atoms with van der Waals surface area (Å²) in [5, 5.41) is 8.90. The first-order chi connectivity index (χ1) is 9.67. The van der Waals surface area contributed by atoms with Gasteiger partial charge in [0, 0.05) is 6.42 Å². The molecule has 0 aliphatic rings. The molecule has 2 aromatic carbocycles. The van der Waals surface area contributed by atoms with E-state index in [2.05, 4.69) is 16.9 Å². The third-order valence-corrected chi connectivity index (χ3v) is 3.33. The summed E-state index contributed by atoms with van der Waals surface area (Å²) in [4.78, 5) is 18.6. The smallest absolute Gasteiger partial charge is 0.335 e. The number of aromatic nitrogens is 2. The molecule has 3 aromatic rings. The molecule has 0 unspecified atom stereocenters. The van der Waals surface area contributed by atoms with Crippen molar-refractivity contribution in [3.63, 3.8) is 0 Å². The van der Waals surface area contributed by atoms with Crippen molar-refractivity contribution >= 4 is 17.0 Å². The second-order valence-electron chi connectivity index (χ2n) is 4.65. The summed E-state index contributed by atoms with van der Waals surface area (Å²) in [6.07, 6.45) is 0.872. The average molecular weight is 266 g/mol. The fourth-order valence-electron chi connectivity index (χ4n) is 2.21. The highest BCUT2D eigenvalue weighted by Gasteiger charge is 2.06. The highest BCUT2D eigenvalue weighted by atomic mass is 16.4. The van der Waals surface area contributed by atoms with Gasteiger partial charge in [-0.05, 0) is 35.4 Å². The summed E-state index contributed by atoms with van der Waals surface area (Å²) in [5.41, 5.74) is 4.28. The second kappa shape index (κ2) is 4.81. The number of aryl methyl sites for hydroxylation is 1. The van der Waals surface area contributed by atoms with Gasteiger partial charge in [-0.3, -0.25) is 0 Å². The lowest BCUT2D eigenvalue weighted by Crippen LogP contribution is -1.94. The van der Waals surface area contributed by atoms with E-state index in [1.807, 2.05) is 30.3 Å². The number of rotatable bonds is 3. The number of carboxylic acid groups (broad SMARTS) is 1. The van der Waals surface area contributed by atoms with E-state index in [9.17, 15) is 4.79 Å². The minimum atomic E-state index is -0.909. The van der Waals surface area contributed by atoms with E-state index >= 15 is 0 Å². The van der Waals surface area contributed by atoms with E-state index in [4.69, 9.17) is 5.11 Å². The van der Waals surface area contributed by atoms with Crippen LogP contribution < -0.4 is 0 Å². The van der Waals surface area contributed by atoms with Gasteiger partial charge in [-0.2, -0.15) is 0 Å². The highest BCUT2D eigenvalue weighted by molar-refractivity contribution is 5.89. The van der Waals surface area contributed by atoms with Gasteiger partial charge in [0.05, 0.1) is 16.6 Å². The van der Waals surface area contributed by atoms with Gasteiger partial charge in [0.1, 0.15) is 5.82 Å². The molecule has 0 aliphatic carbocycles. The van der Waals surface area contributed by atoms with Crippen LogP contribution in [0.5, 0.6) is 0 Å². The zero-order valence-electron chi connectivity index (χ0n) is 11.1. The summed E-state index contributed by atoms with van der Waals surface area (Å²) in [6, 6.07) is 12.9. The Hall–Kier alpha value is -2.62. The first-order valence-corrected chi connectivity index (χ1v) is 6.50. The van der Waals surface area contributed by atoms with Gasteiger partial charge < -0.3 is 10.1 Å². The van der Waals surface area contributed by atoms with Crippen LogP contribution in [0.15, 0.2) is 42.5 Å². The molecule has 0 fully saturated rings. The van der Waals surface area contributed by atoms with Crippen molar-refractivity contribution in [3.05, 3.63) is 53.9 Å². The number of carboxylic acids is 1. The molecule has 0 atom stereocenters. The molecule has 1 aromatic heterocycles. The summed E-state index contributed by atoms with van der Waals surface area (Å²) in [7, 11) is 0. The van der Waals surface area contributed by atoms with E-state index in [0.717, 1.165) is 34.4 Å². The van der Waals surface area contributed by atoms with Crippen molar-refractivity contribution < 1.29 is 9.90 Å². The third-order valence-electron chi connectivity index (χ3n) is 3.33. The Morgan fingerprint density at radius 3 is 2.50 bits per heavy atom. The zero-order chi connectivity index (χ0) is 14.1. The molecule has 4 heteroatoms. The van der Waals surface area contributed by atoms with Crippen LogP contribution in [0.4, 0.5) is 0 Å².